The highest BCUT2D eigenvalue weighted by Gasteiger charge is 2.32. The number of anilines is 2. The van der Waals surface area contributed by atoms with E-state index in [4.69, 9.17) is 14.7 Å². The topological polar surface area (TPSA) is 117 Å². The lowest BCUT2D eigenvalue weighted by Gasteiger charge is -2.38. The van der Waals surface area contributed by atoms with E-state index in [1.807, 2.05) is 19.1 Å². The minimum Gasteiger partial charge on any atom is -0.377 e. The molecule has 10 nitrogen and oxygen atoms in total. The smallest absolute Gasteiger partial charge is 0.319 e. The van der Waals surface area contributed by atoms with E-state index in [1.54, 1.807) is 12.1 Å². The number of aromatic nitrogens is 2. The molecule has 1 atom stereocenters. The molecule has 1 aromatic heterocycles. The molecule has 0 bridgehead atoms. The van der Waals surface area contributed by atoms with Gasteiger partial charge in [-0.25, -0.2) is 23.2 Å². The van der Waals surface area contributed by atoms with Crippen molar-refractivity contribution >= 4 is 27.6 Å². The van der Waals surface area contributed by atoms with Gasteiger partial charge in [0.05, 0.1) is 37.8 Å². The van der Waals surface area contributed by atoms with E-state index in [0.717, 1.165) is 35.6 Å². The fraction of sp³-hybridized carbons (Fsp3) is 0.522. The molecule has 34 heavy (non-hydrogen) atoms. The maximum Gasteiger partial charge on any atom is 0.319 e. The third kappa shape index (κ3) is 5.31. The first kappa shape index (κ1) is 24.4. The van der Waals surface area contributed by atoms with Crippen LogP contribution in [0.4, 0.5) is 16.3 Å². The Kier molecular flexibility index (Phi) is 7.34. The normalized spacial score (nSPS) is 18.9. The molecule has 4 rings (SSSR count). The van der Waals surface area contributed by atoms with Gasteiger partial charge >= 0.3 is 6.03 Å². The largest absolute Gasteiger partial charge is 0.377 e. The highest BCUT2D eigenvalue weighted by molar-refractivity contribution is 7.88. The second-order valence-electron chi connectivity index (χ2n) is 8.53. The Hall–Kier alpha value is -2.76. The minimum absolute atomic E-state index is 0.206. The van der Waals surface area contributed by atoms with Gasteiger partial charge in [0.25, 0.3) is 0 Å². The molecule has 2 aromatic rings. The average molecular weight is 489 g/mol. The van der Waals surface area contributed by atoms with Gasteiger partial charge in [-0.3, -0.25) is 0 Å². The molecule has 3 heterocycles. The van der Waals surface area contributed by atoms with Crippen molar-refractivity contribution in [1.82, 2.24) is 19.6 Å². The van der Waals surface area contributed by atoms with Crippen LogP contribution in [0.25, 0.3) is 11.4 Å². The van der Waals surface area contributed by atoms with Gasteiger partial charge in [0.1, 0.15) is 5.82 Å². The highest BCUT2D eigenvalue weighted by Crippen LogP contribution is 2.32. The Morgan fingerprint density at radius 2 is 1.94 bits per heavy atom. The number of fused-ring (bicyclic) bond motifs is 1. The summed E-state index contributed by atoms with van der Waals surface area (Å²) in [7, 11) is -3.33. The van der Waals surface area contributed by atoms with Crippen LogP contribution in [0.5, 0.6) is 0 Å². The van der Waals surface area contributed by atoms with Crippen LogP contribution >= 0.6 is 0 Å². The van der Waals surface area contributed by atoms with Gasteiger partial charge in [-0.15, -0.1) is 0 Å². The number of carbonyl (C=O) groups is 1. The van der Waals surface area contributed by atoms with E-state index in [2.05, 4.69) is 22.5 Å². The van der Waals surface area contributed by atoms with Gasteiger partial charge in [-0.1, -0.05) is 6.92 Å². The van der Waals surface area contributed by atoms with Crippen LogP contribution in [0.2, 0.25) is 0 Å². The summed E-state index contributed by atoms with van der Waals surface area (Å²) < 4.78 is 31.6. The molecule has 184 valence electrons. The van der Waals surface area contributed by atoms with Gasteiger partial charge in [0.15, 0.2) is 5.82 Å². The van der Waals surface area contributed by atoms with Crippen molar-refractivity contribution in [3.05, 3.63) is 35.5 Å². The molecule has 2 N–H and O–H groups in total. The SMILES string of the molecule is CCNC(=O)Nc1ccc(-c2nc3c(c(N4CCOCC4CC)n2)CCN(S(C)(=O)=O)C3)cc1. The standard InChI is InChI=1S/C23H32N6O4S/c1-4-18-15-33-13-12-29(18)22-19-10-11-28(34(3,31)32)14-20(19)26-21(27-22)16-6-8-17(9-7-16)25-23(30)24-5-2/h6-9,18H,4-5,10-15H2,1-3H3,(H2,24,25,30). The van der Waals surface area contributed by atoms with E-state index >= 15 is 0 Å². The molecule has 2 aliphatic heterocycles. The lowest BCUT2D eigenvalue weighted by molar-refractivity contribution is 0.0924. The predicted octanol–water partition coefficient (Wildman–Crippen LogP) is 2.22. The summed E-state index contributed by atoms with van der Waals surface area (Å²) in [5.74, 6) is 1.41. The summed E-state index contributed by atoms with van der Waals surface area (Å²) in [6.07, 6.45) is 2.72. The summed E-state index contributed by atoms with van der Waals surface area (Å²) in [6.45, 7) is 7.17. The summed E-state index contributed by atoms with van der Waals surface area (Å²) in [4.78, 5) is 23.9. The molecule has 1 fully saturated rings. The van der Waals surface area contributed by atoms with Crippen molar-refractivity contribution in [2.24, 2.45) is 0 Å². The molecule has 2 amide bonds. The maximum absolute atomic E-state index is 12.2. The molecule has 0 radical (unpaired) electrons. The van der Waals surface area contributed by atoms with Gasteiger partial charge in [-0.05, 0) is 44.0 Å². The fourth-order valence-corrected chi connectivity index (χ4v) is 5.13. The van der Waals surface area contributed by atoms with Gasteiger partial charge < -0.3 is 20.3 Å². The highest BCUT2D eigenvalue weighted by atomic mass is 32.2. The van der Waals surface area contributed by atoms with E-state index < -0.39 is 10.0 Å². The van der Waals surface area contributed by atoms with Crippen molar-refractivity contribution in [2.45, 2.75) is 39.3 Å². The van der Waals surface area contributed by atoms with Crippen LogP contribution in [0.15, 0.2) is 24.3 Å². The van der Waals surface area contributed by atoms with Gasteiger partial charge in [-0.2, -0.15) is 4.31 Å². The molecule has 1 unspecified atom stereocenters. The number of benzene rings is 1. The molecule has 1 saturated heterocycles. The maximum atomic E-state index is 12.2. The molecule has 1 aromatic carbocycles. The summed E-state index contributed by atoms with van der Waals surface area (Å²) in [6, 6.07) is 7.28. The molecule has 11 heteroatoms. The van der Waals surface area contributed by atoms with Crippen molar-refractivity contribution in [2.75, 3.05) is 49.3 Å². The second kappa shape index (κ2) is 10.2. The van der Waals surface area contributed by atoms with E-state index in [-0.39, 0.29) is 18.6 Å². The van der Waals surface area contributed by atoms with E-state index in [0.29, 0.717) is 44.2 Å². The van der Waals surface area contributed by atoms with Crippen molar-refractivity contribution < 1.29 is 17.9 Å². The fourth-order valence-electron chi connectivity index (χ4n) is 4.35. The van der Waals surface area contributed by atoms with Crippen LogP contribution in [-0.2, 0) is 27.7 Å². The Morgan fingerprint density at radius 3 is 2.62 bits per heavy atom. The summed E-state index contributed by atoms with van der Waals surface area (Å²) in [5, 5.41) is 5.48. The zero-order chi connectivity index (χ0) is 24.3. The predicted molar refractivity (Wildman–Crippen MR) is 131 cm³/mol. The van der Waals surface area contributed by atoms with Crippen LogP contribution in [0, 0.1) is 0 Å². The van der Waals surface area contributed by atoms with E-state index in [1.165, 1.54) is 10.6 Å². The Bertz CT molecular complexity index is 1140. The second-order valence-corrected chi connectivity index (χ2v) is 10.5. The molecule has 0 spiro atoms. The number of rotatable bonds is 6. The third-order valence-corrected chi connectivity index (χ3v) is 7.44. The molecular weight excluding hydrogens is 456 g/mol. The Balaban J connectivity index is 1.72. The Morgan fingerprint density at radius 1 is 1.18 bits per heavy atom. The average Bonchev–Trinajstić information content (AvgIpc) is 2.83. The number of carbonyl (C=O) groups excluding carboxylic acids is 1. The number of sulfonamides is 1. The van der Waals surface area contributed by atoms with Crippen LogP contribution in [0.1, 0.15) is 31.5 Å². The van der Waals surface area contributed by atoms with Gasteiger partial charge in [0, 0.05) is 36.4 Å². The first-order chi connectivity index (χ1) is 16.3. The summed E-state index contributed by atoms with van der Waals surface area (Å²) in [5.41, 5.74) is 3.21. The van der Waals surface area contributed by atoms with Crippen molar-refractivity contribution in [3.63, 3.8) is 0 Å². The van der Waals surface area contributed by atoms with Crippen molar-refractivity contribution in [3.8, 4) is 11.4 Å². The molecular formula is C23H32N6O4S. The van der Waals surface area contributed by atoms with Crippen LogP contribution < -0.4 is 15.5 Å². The van der Waals surface area contributed by atoms with Crippen molar-refractivity contribution in [1.29, 1.82) is 0 Å². The number of amides is 2. The monoisotopic (exact) mass is 488 g/mol. The number of nitrogens with zero attached hydrogens (tertiary/aromatic N) is 4. The number of hydrogen-bond donors (Lipinski definition) is 2. The summed E-state index contributed by atoms with van der Waals surface area (Å²) >= 11 is 0. The third-order valence-electron chi connectivity index (χ3n) is 6.19. The number of morpholine rings is 1. The molecule has 0 aliphatic carbocycles. The molecule has 0 saturated carbocycles. The van der Waals surface area contributed by atoms with Gasteiger partial charge in [0.2, 0.25) is 10.0 Å². The van der Waals surface area contributed by atoms with E-state index in [9.17, 15) is 13.2 Å². The lowest BCUT2D eigenvalue weighted by Crippen LogP contribution is -2.47. The van der Waals surface area contributed by atoms with Crippen LogP contribution in [-0.4, -0.2) is 73.9 Å². The number of urea groups is 1. The number of hydrogen-bond acceptors (Lipinski definition) is 7. The zero-order valence-corrected chi connectivity index (χ0v) is 20.7. The minimum atomic E-state index is -3.33. The number of ether oxygens (including phenoxy) is 1. The first-order valence-corrected chi connectivity index (χ1v) is 13.5. The first-order valence-electron chi connectivity index (χ1n) is 11.6. The van der Waals surface area contributed by atoms with Crippen LogP contribution in [0.3, 0.4) is 0 Å². The quantitative estimate of drug-likeness (QED) is 0.640. The molecule has 2 aliphatic rings. The Labute approximate surface area is 200 Å². The zero-order valence-electron chi connectivity index (χ0n) is 19.9. The lowest BCUT2D eigenvalue weighted by atomic mass is 10.0. The number of nitrogens with one attached hydrogen (secondary N) is 2.